The number of likely N-dealkylation sites (N-methyl/N-ethyl adjacent to an activating group) is 1. The minimum absolute atomic E-state index is 0.307. The second-order valence-corrected chi connectivity index (χ2v) is 3.16. The molecule has 86 valence electrons. The Balaban J connectivity index is 2.98. The van der Waals surface area contributed by atoms with Crippen molar-refractivity contribution >= 4 is 11.8 Å². The van der Waals surface area contributed by atoms with Crippen LogP contribution in [-0.4, -0.2) is 37.1 Å². The molecular formula is C11H13NO4. The standard InChI is InChI=1S/C11H13NO4/c1-12-9(11(14)15)10(13)7-4-3-5-8(6-7)16-2/h3-6,9,12H,1-2H3,(H,14,15). The molecule has 1 unspecified atom stereocenters. The molecule has 0 amide bonds. The fourth-order valence-corrected chi connectivity index (χ4v) is 1.31. The third-order valence-electron chi connectivity index (χ3n) is 2.15. The summed E-state index contributed by atoms with van der Waals surface area (Å²) in [6.07, 6.45) is 0. The van der Waals surface area contributed by atoms with Gasteiger partial charge >= 0.3 is 5.97 Å². The first-order chi connectivity index (χ1) is 7.60. The number of rotatable bonds is 5. The summed E-state index contributed by atoms with van der Waals surface area (Å²) in [6.45, 7) is 0. The molecule has 1 atom stereocenters. The molecule has 1 aromatic carbocycles. The molecule has 0 saturated carbocycles. The largest absolute Gasteiger partial charge is 0.497 e. The topological polar surface area (TPSA) is 75.6 Å². The number of aliphatic carboxylic acids is 1. The van der Waals surface area contributed by atoms with Crippen LogP contribution in [0, 0.1) is 0 Å². The molecule has 5 heteroatoms. The number of ether oxygens (including phenoxy) is 1. The fraction of sp³-hybridized carbons (Fsp3) is 0.273. The van der Waals surface area contributed by atoms with Crippen molar-refractivity contribution in [2.45, 2.75) is 6.04 Å². The van der Waals surface area contributed by atoms with Gasteiger partial charge in [0, 0.05) is 5.56 Å². The molecule has 0 aromatic heterocycles. The number of carbonyl (C=O) groups is 2. The molecule has 1 rings (SSSR count). The van der Waals surface area contributed by atoms with E-state index in [1.807, 2.05) is 0 Å². The van der Waals surface area contributed by atoms with Gasteiger partial charge in [0.25, 0.3) is 0 Å². The Bertz CT molecular complexity index is 403. The number of Topliss-reactive ketones (excluding diaryl/α,β-unsaturated/α-hetero) is 1. The highest BCUT2D eigenvalue weighted by molar-refractivity contribution is 6.11. The SMILES string of the molecule is CNC(C(=O)O)C(=O)c1cccc(OC)c1. The molecule has 0 aliphatic heterocycles. The third-order valence-corrected chi connectivity index (χ3v) is 2.15. The molecule has 5 nitrogen and oxygen atoms in total. The summed E-state index contributed by atoms with van der Waals surface area (Å²) in [5.41, 5.74) is 0.307. The maximum Gasteiger partial charge on any atom is 0.328 e. The summed E-state index contributed by atoms with van der Waals surface area (Å²) in [5, 5.41) is 11.3. The van der Waals surface area contributed by atoms with Crippen LogP contribution in [0.4, 0.5) is 0 Å². The number of ketones is 1. The monoisotopic (exact) mass is 223 g/mol. The molecule has 0 spiro atoms. The molecule has 16 heavy (non-hydrogen) atoms. The maximum atomic E-state index is 11.8. The van der Waals surface area contributed by atoms with Gasteiger partial charge in [-0.2, -0.15) is 0 Å². The lowest BCUT2D eigenvalue weighted by Gasteiger charge is -2.10. The highest BCUT2D eigenvalue weighted by Crippen LogP contribution is 2.14. The molecule has 0 heterocycles. The Morgan fingerprint density at radius 3 is 2.62 bits per heavy atom. The Morgan fingerprint density at radius 1 is 1.44 bits per heavy atom. The molecule has 2 N–H and O–H groups in total. The maximum absolute atomic E-state index is 11.8. The molecule has 1 aromatic rings. The second kappa shape index (κ2) is 5.27. The van der Waals surface area contributed by atoms with Crippen LogP contribution < -0.4 is 10.1 Å². The first-order valence-corrected chi connectivity index (χ1v) is 4.68. The first kappa shape index (κ1) is 12.2. The summed E-state index contributed by atoms with van der Waals surface area (Å²) >= 11 is 0. The first-order valence-electron chi connectivity index (χ1n) is 4.68. The zero-order valence-electron chi connectivity index (χ0n) is 9.06. The zero-order valence-corrected chi connectivity index (χ0v) is 9.06. The molecule has 0 aliphatic carbocycles. The van der Waals surface area contributed by atoms with Gasteiger partial charge in [-0.05, 0) is 19.2 Å². The lowest BCUT2D eigenvalue weighted by atomic mass is 10.0. The summed E-state index contributed by atoms with van der Waals surface area (Å²) in [7, 11) is 2.91. The van der Waals surface area contributed by atoms with E-state index in [0.29, 0.717) is 11.3 Å². The summed E-state index contributed by atoms with van der Waals surface area (Å²) in [5.74, 6) is -1.17. The van der Waals surface area contributed by atoms with Gasteiger partial charge in [0.05, 0.1) is 7.11 Å². The van der Waals surface area contributed by atoms with E-state index in [-0.39, 0.29) is 0 Å². The number of methoxy groups -OCH3 is 1. The van der Waals surface area contributed by atoms with Crippen molar-refractivity contribution in [3.8, 4) is 5.75 Å². The van der Waals surface area contributed by atoms with E-state index >= 15 is 0 Å². The van der Waals surface area contributed by atoms with E-state index in [1.165, 1.54) is 20.2 Å². The van der Waals surface area contributed by atoms with Crippen LogP contribution in [0.2, 0.25) is 0 Å². The number of hydrogen-bond donors (Lipinski definition) is 2. The lowest BCUT2D eigenvalue weighted by Crippen LogP contribution is -2.41. The highest BCUT2D eigenvalue weighted by Gasteiger charge is 2.25. The van der Waals surface area contributed by atoms with E-state index in [9.17, 15) is 9.59 Å². The molecule has 0 aliphatic rings. The van der Waals surface area contributed by atoms with Crippen LogP contribution in [0.25, 0.3) is 0 Å². The fourth-order valence-electron chi connectivity index (χ4n) is 1.31. The number of nitrogens with one attached hydrogen (secondary N) is 1. The van der Waals surface area contributed by atoms with Gasteiger partial charge in [-0.25, -0.2) is 0 Å². The van der Waals surface area contributed by atoms with Crippen LogP contribution in [0.15, 0.2) is 24.3 Å². The van der Waals surface area contributed by atoms with E-state index in [2.05, 4.69) is 5.32 Å². The molecule has 0 bridgehead atoms. The van der Waals surface area contributed by atoms with E-state index in [1.54, 1.807) is 18.2 Å². The average molecular weight is 223 g/mol. The van der Waals surface area contributed by atoms with E-state index in [0.717, 1.165) is 0 Å². The van der Waals surface area contributed by atoms with Gasteiger partial charge in [0.15, 0.2) is 11.8 Å². The Morgan fingerprint density at radius 2 is 2.12 bits per heavy atom. The third kappa shape index (κ3) is 2.58. The van der Waals surface area contributed by atoms with Crippen LogP contribution in [0.5, 0.6) is 5.75 Å². The lowest BCUT2D eigenvalue weighted by molar-refractivity contribution is -0.137. The predicted molar refractivity (Wildman–Crippen MR) is 57.8 cm³/mol. The molecule has 0 fully saturated rings. The second-order valence-electron chi connectivity index (χ2n) is 3.16. The van der Waals surface area contributed by atoms with Gasteiger partial charge in [-0.1, -0.05) is 12.1 Å². The van der Waals surface area contributed by atoms with Crippen LogP contribution in [0.1, 0.15) is 10.4 Å². The van der Waals surface area contributed by atoms with Crippen LogP contribution in [0.3, 0.4) is 0 Å². The van der Waals surface area contributed by atoms with Crippen molar-refractivity contribution in [1.82, 2.24) is 5.32 Å². The molecular weight excluding hydrogens is 210 g/mol. The quantitative estimate of drug-likeness (QED) is 0.563. The number of carboxylic acids is 1. The van der Waals surface area contributed by atoms with Crippen molar-refractivity contribution < 1.29 is 19.4 Å². The Hall–Kier alpha value is -1.88. The van der Waals surface area contributed by atoms with Crippen molar-refractivity contribution in [1.29, 1.82) is 0 Å². The van der Waals surface area contributed by atoms with E-state index < -0.39 is 17.8 Å². The normalized spacial score (nSPS) is 11.9. The van der Waals surface area contributed by atoms with E-state index in [4.69, 9.17) is 9.84 Å². The van der Waals surface area contributed by atoms with Gasteiger partial charge in [-0.15, -0.1) is 0 Å². The van der Waals surface area contributed by atoms with Gasteiger partial charge in [0.2, 0.25) is 0 Å². The zero-order chi connectivity index (χ0) is 12.1. The molecule has 0 radical (unpaired) electrons. The summed E-state index contributed by atoms with van der Waals surface area (Å²) in [6, 6.07) is 5.16. The van der Waals surface area contributed by atoms with Crippen molar-refractivity contribution in [3.63, 3.8) is 0 Å². The summed E-state index contributed by atoms with van der Waals surface area (Å²) < 4.78 is 4.96. The van der Waals surface area contributed by atoms with Gasteiger partial charge < -0.3 is 15.2 Å². The van der Waals surface area contributed by atoms with Gasteiger partial charge in [-0.3, -0.25) is 9.59 Å². The number of hydrogen-bond acceptors (Lipinski definition) is 4. The van der Waals surface area contributed by atoms with Crippen molar-refractivity contribution in [2.75, 3.05) is 14.2 Å². The number of benzene rings is 1. The Labute approximate surface area is 93.0 Å². The minimum atomic E-state index is -1.23. The number of carboxylic acid groups (broad SMARTS) is 1. The predicted octanol–water partition coefficient (Wildman–Crippen LogP) is 0.550. The van der Waals surface area contributed by atoms with Crippen molar-refractivity contribution in [2.24, 2.45) is 0 Å². The van der Waals surface area contributed by atoms with Crippen molar-refractivity contribution in [3.05, 3.63) is 29.8 Å². The van der Waals surface area contributed by atoms with Gasteiger partial charge in [0.1, 0.15) is 5.75 Å². The average Bonchev–Trinajstić information content (AvgIpc) is 2.29. The number of carbonyl (C=O) groups excluding carboxylic acids is 1. The summed E-state index contributed by atoms with van der Waals surface area (Å²) in [4.78, 5) is 22.6. The molecule has 0 saturated heterocycles. The van der Waals surface area contributed by atoms with Crippen LogP contribution >= 0.6 is 0 Å². The van der Waals surface area contributed by atoms with Crippen LogP contribution in [-0.2, 0) is 4.79 Å². The Kier molecular flexibility index (Phi) is 4.02. The smallest absolute Gasteiger partial charge is 0.328 e. The minimum Gasteiger partial charge on any atom is -0.497 e. The highest BCUT2D eigenvalue weighted by atomic mass is 16.5.